The molecule has 2 aromatic carbocycles. The standard InChI is InChI=1S/C18H19Cl2NO2S/c1-2-21(9-10-22)18(23)14-5-3-13(4-6-14)12-24-17-11-15(19)7-8-16(17)20/h3-8,11,22H,2,9-10,12H2,1H3. The van der Waals surface area contributed by atoms with Crippen molar-refractivity contribution in [2.24, 2.45) is 0 Å². The number of halogens is 2. The zero-order valence-corrected chi connectivity index (χ0v) is 15.7. The van der Waals surface area contributed by atoms with Crippen LogP contribution in [0.25, 0.3) is 0 Å². The number of carbonyl (C=O) groups excluding carboxylic acids is 1. The van der Waals surface area contributed by atoms with Crippen LogP contribution in [0.5, 0.6) is 0 Å². The SMILES string of the molecule is CCN(CCO)C(=O)c1ccc(CSc2cc(Cl)ccc2Cl)cc1. The quantitative estimate of drug-likeness (QED) is 0.701. The average molecular weight is 384 g/mol. The molecule has 0 fully saturated rings. The first-order chi connectivity index (χ1) is 11.5. The molecule has 0 aliphatic carbocycles. The highest BCUT2D eigenvalue weighted by molar-refractivity contribution is 7.98. The van der Waals surface area contributed by atoms with Crippen molar-refractivity contribution in [3.05, 3.63) is 63.6 Å². The van der Waals surface area contributed by atoms with Crippen LogP contribution in [-0.4, -0.2) is 35.6 Å². The van der Waals surface area contributed by atoms with E-state index in [1.54, 1.807) is 28.8 Å². The van der Waals surface area contributed by atoms with Gasteiger partial charge in [0.15, 0.2) is 0 Å². The largest absolute Gasteiger partial charge is 0.395 e. The van der Waals surface area contributed by atoms with Crippen molar-refractivity contribution in [2.45, 2.75) is 17.6 Å². The van der Waals surface area contributed by atoms with Gasteiger partial charge in [-0.3, -0.25) is 4.79 Å². The van der Waals surface area contributed by atoms with Gasteiger partial charge in [-0.15, -0.1) is 11.8 Å². The second kappa shape index (κ2) is 9.33. The third-order valence-corrected chi connectivity index (χ3v) is 5.33. The summed E-state index contributed by atoms with van der Waals surface area (Å²) in [5, 5.41) is 10.3. The Labute approximate surface area is 156 Å². The first-order valence-corrected chi connectivity index (χ1v) is 9.36. The van der Waals surface area contributed by atoms with Crippen LogP contribution in [-0.2, 0) is 5.75 Å². The minimum atomic E-state index is -0.0661. The number of thioether (sulfide) groups is 1. The number of hydrogen-bond acceptors (Lipinski definition) is 3. The van der Waals surface area contributed by atoms with Gasteiger partial charge in [-0.05, 0) is 42.8 Å². The fraction of sp³-hybridized carbons (Fsp3) is 0.278. The van der Waals surface area contributed by atoms with E-state index in [0.717, 1.165) is 16.2 Å². The first kappa shape index (κ1) is 19.1. The second-order valence-electron chi connectivity index (χ2n) is 5.17. The van der Waals surface area contributed by atoms with Gasteiger partial charge in [0.2, 0.25) is 0 Å². The highest BCUT2D eigenvalue weighted by Crippen LogP contribution is 2.32. The van der Waals surface area contributed by atoms with Crippen molar-refractivity contribution >= 4 is 40.9 Å². The molecule has 0 atom stereocenters. The lowest BCUT2D eigenvalue weighted by Crippen LogP contribution is -2.33. The number of amides is 1. The highest BCUT2D eigenvalue weighted by Gasteiger charge is 2.13. The molecule has 1 N–H and O–H groups in total. The minimum absolute atomic E-state index is 0.0330. The van der Waals surface area contributed by atoms with Gasteiger partial charge in [-0.1, -0.05) is 35.3 Å². The minimum Gasteiger partial charge on any atom is -0.395 e. The summed E-state index contributed by atoms with van der Waals surface area (Å²) in [5.41, 5.74) is 1.72. The van der Waals surface area contributed by atoms with Gasteiger partial charge < -0.3 is 10.0 Å². The van der Waals surface area contributed by atoms with Crippen LogP contribution >= 0.6 is 35.0 Å². The third kappa shape index (κ3) is 5.15. The molecule has 6 heteroatoms. The molecule has 0 aromatic heterocycles. The van der Waals surface area contributed by atoms with Gasteiger partial charge in [-0.25, -0.2) is 0 Å². The van der Waals surface area contributed by atoms with E-state index in [-0.39, 0.29) is 12.5 Å². The number of aliphatic hydroxyl groups excluding tert-OH is 1. The van der Waals surface area contributed by atoms with E-state index in [2.05, 4.69) is 0 Å². The predicted octanol–water partition coefficient (Wildman–Crippen LogP) is 4.74. The molecular weight excluding hydrogens is 365 g/mol. The van der Waals surface area contributed by atoms with Gasteiger partial charge >= 0.3 is 0 Å². The topological polar surface area (TPSA) is 40.5 Å². The Morgan fingerprint density at radius 2 is 1.88 bits per heavy atom. The summed E-state index contributed by atoms with van der Waals surface area (Å²) in [4.78, 5) is 14.9. The summed E-state index contributed by atoms with van der Waals surface area (Å²) in [6, 6.07) is 12.9. The molecule has 0 unspecified atom stereocenters. The average Bonchev–Trinajstić information content (AvgIpc) is 2.60. The van der Waals surface area contributed by atoms with Gasteiger partial charge in [0, 0.05) is 34.3 Å². The molecule has 0 aliphatic rings. The van der Waals surface area contributed by atoms with E-state index in [0.29, 0.717) is 28.7 Å². The van der Waals surface area contributed by atoms with E-state index in [9.17, 15) is 4.79 Å². The van der Waals surface area contributed by atoms with Gasteiger partial charge in [0.25, 0.3) is 5.91 Å². The lowest BCUT2D eigenvalue weighted by Gasteiger charge is -2.19. The molecule has 2 rings (SSSR count). The summed E-state index contributed by atoms with van der Waals surface area (Å²) < 4.78 is 0. The number of benzene rings is 2. The van der Waals surface area contributed by atoms with Crippen molar-refractivity contribution in [2.75, 3.05) is 19.7 Å². The zero-order chi connectivity index (χ0) is 17.5. The van der Waals surface area contributed by atoms with Crippen LogP contribution < -0.4 is 0 Å². The van der Waals surface area contributed by atoms with Crippen molar-refractivity contribution in [1.29, 1.82) is 0 Å². The van der Waals surface area contributed by atoms with Gasteiger partial charge in [-0.2, -0.15) is 0 Å². The van der Waals surface area contributed by atoms with E-state index in [4.69, 9.17) is 28.3 Å². The van der Waals surface area contributed by atoms with Crippen molar-refractivity contribution in [1.82, 2.24) is 4.90 Å². The monoisotopic (exact) mass is 383 g/mol. The molecular formula is C18H19Cl2NO2S. The van der Waals surface area contributed by atoms with Gasteiger partial charge in [0.05, 0.1) is 11.6 Å². The maximum absolute atomic E-state index is 12.3. The van der Waals surface area contributed by atoms with E-state index >= 15 is 0 Å². The Balaban J connectivity index is 2.01. The number of likely N-dealkylation sites (N-methyl/N-ethyl adjacent to an activating group) is 1. The summed E-state index contributed by atoms with van der Waals surface area (Å²) in [6.45, 7) is 2.78. The van der Waals surface area contributed by atoms with Crippen molar-refractivity contribution in [3.8, 4) is 0 Å². The molecule has 128 valence electrons. The fourth-order valence-electron chi connectivity index (χ4n) is 2.20. The summed E-state index contributed by atoms with van der Waals surface area (Å²) in [7, 11) is 0. The molecule has 2 aromatic rings. The molecule has 0 saturated heterocycles. The molecule has 0 spiro atoms. The Kier molecular flexibility index (Phi) is 7.43. The van der Waals surface area contributed by atoms with E-state index in [1.165, 1.54) is 0 Å². The Morgan fingerprint density at radius 1 is 1.17 bits per heavy atom. The molecule has 0 radical (unpaired) electrons. The van der Waals surface area contributed by atoms with Crippen LogP contribution in [0.15, 0.2) is 47.4 Å². The molecule has 3 nitrogen and oxygen atoms in total. The maximum atomic E-state index is 12.3. The first-order valence-electron chi connectivity index (χ1n) is 7.62. The molecule has 0 bridgehead atoms. The Hall–Kier alpha value is -1.20. The number of nitrogens with zero attached hydrogens (tertiary/aromatic N) is 1. The predicted molar refractivity (Wildman–Crippen MR) is 101 cm³/mol. The van der Waals surface area contributed by atoms with Crippen LogP contribution in [0.2, 0.25) is 10.0 Å². The van der Waals surface area contributed by atoms with Crippen LogP contribution in [0.4, 0.5) is 0 Å². The third-order valence-electron chi connectivity index (χ3n) is 3.53. The second-order valence-corrected chi connectivity index (χ2v) is 7.03. The van der Waals surface area contributed by atoms with Crippen LogP contribution in [0, 0.1) is 0 Å². The maximum Gasteiger partial charge on any atom is 0.253 e. The molecule has 0 saturated carbocycles. The Morgan fingerprint density at radius 3 is 2.50 bits per heavy atom. The molecule has 1 amide bonds. The number of rotatable bonds is 7. The van der Waals surface area contributed by atoms with Crippen molar-refractivity contribution in [3.63, 3.8) is 0 Å². The smallest absolute Gasteiger partial charge is 0.253 e. The van der Waals surface area contributed by atoms with Crippen LogP contribution in [0.1, 0.15) is 22.8 Å². The summed E-state index contributed by atoms with van der Waals surface area (Å²) in [6.07, 6.45) is 0. The number of hydrogen-bond donors (Lipinski definition) is 1. The zero-order valence-electron chi connectivity index (χ0n) is 13.3. The summed E-state index contributed by atoms with van der Waals surface area (Å²) >= 11 is 13.8. The van der Waals surface area contributed by atoms with Gasteiger partial charge in [0.1, 0.15) is 0 Å². The Bertz CT molecular complexity index is 692. The normalized spacial score (nSPS) is 10.7. The molecule has 0 aliphatic heterocycles. The lowest BCUT2D eigenvalue weighted by atomic mass is 10.1. The molecule has 24 heavy (non-hydrogen) atoms. The number of carbonyl (C=O) groups is 1. The van der Waals surface area contributed by atoms with Crippen molar-refractivity contribution < 1.29 is 9.90 Å². The summed E-state index contributed by atoms with van der Waals surface area (Å²) in [5.74, 6) is 0.673. The highest BCUT2D eigenvalue weighted by atomic mass is 35.5. The number of aliphatic hydroxyl groups is 1. The fourth-order valence-corrected chi connectivity index (χ4v) is 3.65. The van der Waals surface area contributed by atoms with Crippen LogP contribution in [0.3, 0.4) is 0 Å². The molecule has 0 heterocycles. The van der Waals surface area contributed by atoms with E-state index in [1.807, 2.05) is 37.3 Å². The van der Waals surface area contributed by atoms with E-state index < -0.39 is 0 Å². The lowest BCUT2D eigenvalue weighted by molar-refractivity contribution is 0.0732.